The summed E-state index contributed by atoms with van der Waals surface area (Å²) in [5, 5.41) is 8.18. The van der Waals surface area contributed by atoms with Crippen LogP contribution in [0.4, 0.5) is 0 Å². The smallest absolute Gasteiger partial charge is 0.219 e. The van der Waals surface area contributed by atoms with Crippen LogP contribution in [0.5, 0.6) is 11.6 Å². The third kappa shape index (κ3) is 3.49. The largest absolute Gasteiger partial charge is 0.439 e. The van der Waals surface area contributed by atoms with Crippen LogP contribution >= 0.6 is 0 Å². The second-order valence-corrected chi connectivity index (χ2v) is 6.04. The molecule has 0 unspecified atom stereocenters. The maximum atomic E-state index is 5.86. The molecule has 0 saturated carbocycles. The van der Waals surface area contributed by atoms with Crippen LogP contribution in [0.15, 0.2) is 73.1 Å². The number of H-pyrrole nitrogens is 1. The summed E-state index contributed by atoms with van der Waals surface area (Å²) in [5.74, 6) is 1.38. The topological polar surface area (TPSA) is 50.8 Å². The zero-order valence-electron chi connectivity index (χ0n) is 14.5. The Morgan fingerprint density at radius 2 is 2.04 bits per heavy atom. The third-order valence-corrected chi connectivity index (χ3v) is 4.25. The number of allylic oxidation sites excluding steroid dienone is 1. The van der Waals surface area contributed by atoms with E-state index >= 15 is 0 Å². The lowest BCUT2D eigenvalue weighted by Gasteiger charge is -2.09. The van der Waals surface area contributed by atoms with Crippen molar-refractivity contribution in [2.24, 2.45) is 0 Å². The van der Waals surface area contributed by atoms with Crippen molar-refractivity contribution in [2.75, 3.05) is 0 Å². The van der Waals surface area contributed by atoms with Crippen molar-refractivity contribution in [1.82, 2.24) is 15.2 Å². The molecule has 0 atom stereocenters. The minimum absolute atomic E-state index is 0.595. The number of hydrogen-bond acceptors (Lipinski definition) is 3. The Labute approximate surface area is 152 Å². The number of nitrogens with zero attached hydrogens (tertiary/aromatic N) is 2. The molecule has 4 heteroatoms. The van der Waals surface area contributed by atoms with Crippen molar-refractivity contribution in [3.8, 4) is 11.6 Å². The second-order valence-electron chi connectivity index (χ2n) is 6.04. The standard InChI is InChI=1S/C22H19N3O/c1-2-17(12-16-9-10-21-19(13-16)15-24-25-21)18-6-5-7-20(14-18)26-22-8-3-4-11-23-22/h3-15H,2H2,1H3,(H,24,25)/b17-12+. The number of fused-ring (bicyclic) bond motifs is 1. The van der Waals surface area contributed by atoms with Gasteiger partial charge in [0.05, 0.1) is 11.7 Å². The maximum Gasteiger partial charge on any atom is 0.219 e. The summed E-state index contributed by atoms with van der Waals surface area (Å²) < 4.78 is 5.86. The molecule has 0 saturated heterocycles. The lowest BCUT2D eigenvalue weighted by atomic mass is 10.00. The summed E-state index contributed by atoms with van der Waals surface area (Å²) in [7, 11) is 0. The van der Waals surface area contributed by atoms with Crippen LogP contribution < -0.4 is 4.74 Å². The summed E-state index contributed by atoms with van der Waals surface area (Å²) in [6.45, 7) is 2.16. The van der Waals surface area contributed by atoms with E-state index in [0.29, 0.717) is 5.88 Å². The lowest BCUT2D eigenvalue weighted by Crippen LogP contribution is -1.89. The Balaban J connectivity index is 1.64. The highest BCUT2D eigenvalue weighted by Gasteiger charge is 2.05. The van der Waals surface area contributed by atoms with Gasteiger partial charge in [0.25, 0.3) is 0 Å². The fraction of sp³-hybridized carbons (Fsp3) is 0.0909. The van der Waals surface area contributed by atoms with Crippen LogP contribution in [-0.2, 0) is 0 Å². The molecule has 128 valence electrons. The van der Waals surface area contributed by atoms with E-state index in [-0.39, 0.29) is 0 Å². The zero-order chi connectivity index (χ0) is 17.8. The number of rotatable bonds is 5. The summed E-state index contributed by atoms with van der Waals surface area (Å²) in [6.07, 6.45) is 6.71. The zero-order valence-corrected chi connectivity index (χ0v) is 14.5. The van der Waals surface area contributed by atoms with Crippen LogP contribution in [0.3, 0.4) is 0 Å². The molecule has 2 heterocycles. The predicted molar refractivity (Wildman–Crippen MR) is 105 cm³/mol. The Hall–Kier alpha value is -3.40. The van der Waals surface area contributed by atoms with Crippen LogP contribution in [0, 0.1) is 0 Å². The molecule has 0 spiro atoms. The van der Waals surface area contributed by atoms with Crippen molar-refractivity contribution in [2.45, 2.75) is 13.3 Å². The van der Waals surface area contributed by atoms with Gasteiger partial charge in [-0.2, -0.15) is 5.10 Å². The summed E-state index contributed by atoms with van der Waals surface area (Å²) >= 11 is 0. The van der Waals surface area contributed by atoms with E-state index in [9.17, 15) is 0 Å². The average molecular weight is 341 g/mol. The molecule has 0 bridgehead atoms. The van der Waals surface area contributed by atoms with Gasteiger partial charge < -0.3 is 4.74 Å². The van der Waals surface area contributed by atoms with Crippen LogP contribution in [0.1, 0.15) is 24.5 Å². The van der Waals surface area contributed by atoms with Crippen LogP contribution in [-0.4, -0.2) is 15.2 Å². The molecule has 26 heavy (non-hydrogen) atoms. The Bertz CT molecular complexity index is 1050. The molecule has 2 aromatic heterocycles. The number of aromatic nitrogens is 3. The molecule has 4 rings (SSSR count). The molecule has 0 aliphatic heterocycles. The quantitative estimate of drug-likeness (QED) is 0.474. The molecule has 1 N–H and O–H groups in total. The van der Waals surface area contributed by atoms with Crippen molar-refractivity contribution >= 4 is 22.6 Å². The first-order valence-corrected chi connectivity index (χ1v) is 8.65. The molecule has 0 aliphatic carbocycles. The maximum absolute atomic E-state index is 5.86. The Morgan fingerprint density at radius 3 is 2.88 bits per heavy atom. The summed E-state index contributed by atoms with van der Waals surface area (Å²) in [6, 6.07) is 20.1. The molecule has 0 aliphatic rings. The predicted octanol–water partition coefficient (Wildman–Crippen LogP) is 5.70. The first-order valence-electron chi connectivity index (χ1n) is 8.65. The van der Waals surface area contributed by atoms with Gasteiger partial charge >= 0.3 is 0 Å². The van der Waals surface area contributed by atoms with Gasteiger partial charge in [-0.05, 0) is 53.5 Å². The van der Waals surface area contributed by atoms with E-state index in [1.807, 2.05) is 36.5 Å². The highest BCUT2D eigenvalue weighted by molar-refractivity contribution is 5.86. The number of benzene rings is 2. The van der Waals surface area contributed by atoms with Gasteiger partial charge in [0.15, 0.2) is 0 Å². The second kappa shape index (κ2) is 7.23. The van der Waals surface area contributed by atoms with E-state index < -0.39 is 0 Å². The van der Waals surface area contributed by atoms with Crippen LogP contribution in [0.2, 0.25) is 0 Å². The lowest BCUT2D eigenvalue weighted by molar-refractivity contribution is 0.463. The summed E-state index contributed by atoms with van der Waals surface area (Å²) in [4.78, 5) is 4.21. The number of nitrogens with one attached hydrogen (secondary N) is 1. The van der Waals surface area contributed by atoms with Gasteiger partial charge in [-0.25, -0.2) is 4.98 Å². The van der Waals surface area contributed by atoms with Gasteiger partial charge in [-0.3, -0.25) is 5.10 Å². The average Bonchev–Trinajstić information content (AvgIpc) is 3.15. The first-order chi connectivity index (χ1) is 12.8. The van der Waals surface area contributed by atoms with Crippen molar-refractivity contribution < 1.29 is 4.74 Å². The summed E-state index contributed by atoms with van der Waals surface area (Å²) in [5.41, 5.74) is 4.60. The number of pyridine rings is 1. The van der Waals surface area contributed by atoms with Crippen molar-refractivity contribution in [1.29, 1.82) is 0 Å². The normalized spacial score (nSPS) is 11.7. The van der Waals surface area contributed by atoms with E-state index in [1.54, 1.807) is 6.20 Å². The molecular formula is C22H19N3O. The van der Waals surface area contributed by atoms with E-state index in [2.05, 4.69) is 58.5 Å². The minimum atomic E-state index is 0.595. The van der Waals surface area contributed by atoms with Crippen molar-refractivity contribution in [3.05, 3.63) is 84.2 Å². The van der Waals surface area contributed by atoms with Crippen molar-refractivity contribution in [3.63, 3.8) is 0 Å². The fourth-order valence-electron chi connectivity index (χ4n) is 2.93. The number of ether oxygens (including phenoxy) is 1. The van der Waals surface area contributed by atoms with E-state index in [1.165, 1.54) is 5.57 Å². The van der Waals surface area contributed by atoms with Gasteiger partial charge in [0.1, 0.15) is 5.75 Å². The van der Waals surface area contributed by atoms with E-state index in [0.717, 1.165) is 34.2 Å². The third-order valence-electron chi connectivity index (χ3n) is 4.25. The van der Waals surface area contributed by atoms with E-state index in [4.69, 9.17) is 4.74 Å². The van der Waals surface area contributed by atoms with Gasteiger partial charge in [0, 0.05) is 17.6 Å². The highest BCUT2D eigenvalue weighted by atomic mass is 16.5. The van der Waals surface area contributed by atoms with Gasteiger partial charge in [-0.15, -0.1) is 0 Å². The van der Waals surface area contributed by atoms with Gasteiger partial charge in [0.2, 0.25) is 5.88 Å². The highest BCUT2D eigenvalue weighted by Crippen LogP contribution is 2.27. The first kappa shape index (κ1) is 16.1. The molecule has 4 nitrogen and oxygen atoms in total. The monoisotopic (exact) mass is 341 g/mol. The fourth-order valence-corrected chi connectivity index (χ4v) is 2.93. The molecule has 0 amide bonds. The number of aromatic amines is 1. The van der Waals surface area contributed by atoms with Crippen LogP contribution in [0.25, 0.3) is 22.6 Å². The molecule has 0 radical (unpaired) electrons. The molecule has 0 fully saturated rings. The molecular weight excluding hydrogens is 322 g/mol. The Kier molecular flexibility index (Phi) is 4.48. The van der Waals surface area contributed by atoms with Gasteiger partial charge in [-0.1, -0.05) is 37.3 Å². The molecule has 4 aromatic rings. The minimum Gasteiger partial charge on any atom is -0.439 e. The number of hydrogen-bond donors (Lipinski definition) is 1. The Morgan fingerprint density at radius 1 is 1.08 bits per heavy atom. The SMILES string of the molecule is CC/C(=C\c1ccc2[nH]ncc2c1)c1cccc(Oc2ccccn2)c1. The molecule has 2 aromatic carbocycles.